The maximum atomic E-state index is 5.68. The summed E-state index contributed by atoms with van der Waals surface area (Å²) in [6.07, 6.45) is 2.55. The van der Waals surface area contributed by atoms with Gasteiger partial charge in [0.25, 0.3) is 5.22 Å². The number of ether oxygens (including phenoxy) is 3. The number of fused-ring (bicyclic) bond motifs is 1. The van der Waals surface area contributed by atoms with Gasteiger partial charge < -0.3 is 18.6 Å². The molecule has 0 bridgehead atoms. The van der Waals surface area contributed by atoms with Gasteiger partial charge in [0, 0.05) is 17.9 Å². The Labute approximate surface area is 125 Å². The molecule has 2 aromatic rings. The van der Waals surface area contributed by atoms with Crippen molar-refractivity contribution in [3.8, 4) is 23.0 Å². The minimum Gasteiger partial charge on any atom is -0.454 e. The van der Waals surface area contributed by atoms with E-state index in [1.807, 2.05) is 18.2 Å². The molecule has 1 aromatic carbocycles. The van der Waals surface area contributed by atoms with Crippen LogP contribution in [-0.2, 0) is 4.74 Å². The number of hydrogen-bond acceptors (Lipinski definition) is 7. The lowest BCUT2D eigenvalue weighted by atomic mass is 10.2. The highest BCUT2D eigenvalue weighted by Gasteiger charge is 2.19. The Morgan fingerprint density at radius 1 is 1.19 bits per heavy atom. The minimum atomic E-state index is 0.255. The maximum Gasteiger partial charge on any atom is 0.276 e. The highest BCUT2D eigenvalue weighted by Crippen LogP contribution is 2.36. The molecule has 3 heterocycles. The Kier molecular flexibility index (Phi) is 3.44. The first kappa shape index (κ1) is 13.0. The molecule has 6 nitrogen and oxygen atoms in total. The Morgan fingerprint density at radius 3 is 3.05 bits per heavy atom. The van der Waals surface area contributed by atoms with E-state index in [-0.39, 0.29) is 6.79 Å². The van der Waals surface area contributed by atoms with Crippen LogP contribution in [0.1, 0.15) is 12.8 Å². The maximum absolute atomic E-state index is 5.68. The second-order valence-electron chi connectivity index (χ2n) is 4.89. The molecule has 1 aromatic heterocycles. The predicted molar refractivity (Wildman–Crippen MR) is 75.6 cm³/mol. The highest BCUT2D eigenvalue weighted by molar-refractivity contribution is 7.99. The van der Waals surface area contributed by atoms with Crippen LogP contribution >= 0.6 is 11.8 Å². The molecule has 2 aliphatic heterocycles. The van der Waals surface area contributed by atoms with Crippen molar-refractivity contribution in [2.45, 2.75) is 24.2 Å². The summed E-state index contributed by atoms with van der Waals surface area (Å²) < 4.78 is 21.9. The second kappa shape index (κ2) is 5.57. The van der Waals surface area contributed by atoms with Crippen molar-refractivity contribution in [1.82, 2.24) is 10.2 Å². The van der Waals surface area contributed by atoms with Crippen LogP contribution in [0.3, 0.4) is 0 Å². The van der Waals surface area contributed by atoms with E-state index < -0.39 is 0 Å². The van der Waals surface area contributed by atoms with Gasteiger partial charge in [-0.05, 0) is 31.0 Å². The first-order chi connectivity index (χ1) is 10.4. The Hall–Kier alpha value is -1.73. The molecule has 0 radical (unpaired) electrons. The van der Waals surface area contributed by atoms with Gasteiger partial charge >= 0.3 is 0 Å². The van der Waals surface area contributed by atoms with Crippen molar-refractivity contribution in [3.63, 3.8) is 0 Å². The van der Waals surface area contributed by atoms with Crippen LogP contribution < -0.4 is 9.47 Å². The summed E-state index contributed by atoms with van der Waals surface area (Å²) in [5, 5.41) is 8.72. The third-order valence-corrected chi connectivity index (χ3v) is 4.39. The van der Waals surface area contributed by atoms with Crippen LogP contribution in [0.15, 0.2) is 27.8 Å². The summed E-state index contributed by atoms with van der Waals surface area (Å²) >= 11 is 1.54. The Bertz CT molecular complexity index is 640. The number of thioether (sulfide) groups is 1. The molecule has 110 valence electrons. The number of benzene rings is 1. The molecule has 0 saturated carbocycles. The van der Waals surface area contributed by atoms with Gasteiger partial charge in [-0.2, -0.15) is 0 Å². The molecule has 2 aliphatic rings. The lowest BCUT2D eigenvalue weighted by molar-refractivity contribution is 0.128. The molecule has 7 heteroatoms. The van der Waals surface area contributed by atoms with Crippen LogP contribution in [0, 0.1) is 0 Å². The first-order valence-corrected chi connectivity index (χ1v) is 7.85. The molecule has 0 spiro atoms. The van der Waals surface area contributed by atoms with Gasteiger partial charge in [0.2, 0.25) is 12.7 Å². The Morgan fingerprint density at radius 2 is 2.14 bits per heavy atom. The van der Waals surface area contributed by atoms with Crippen LogP contribution in [0.5, 0.6) is 11.5 Å². The fourth-order valence-corrected chi connectivity index (χ4v) is 3.18. The summed E-state index contributed by atoms with van der Waals surface area (Å²) in [4.78, 5) is 0. The van der Waals surface area contributed by atoms with Crippen molar-refractivity contribution in [3.05, 3.63) is 18.2 Å². The summed E-state index contributed by atoms with van der Waals surface area (Å²) in [7, 11) is 0. The lowest BCUT2D eigenvalue weighted by Crippen LogP contribution is -2.07. The van der Waals surface area contributed by atoms with E-state index in [1.54, 1.807) is 0 Å². The van der Waals surface area contributed by atoms with Gasteiger partial charge in [0.15, 0.2) is 11.5 Å². The normalized spacial score (nSPS) is 20.1. The highest BCUT2D eigenvalue weighted by atomic mass is 32.2. The van der Waals surface area contributed by atoms with Crippen molar-refractivity contribution in [2.75, 3.05) is 19.2 Å². The molecule has 0 aliphatic carbocycles. The molecular weight excluding hydrogens is 292 g/mol. The fraction of sp³-hybridized carbons (Fsp3) is 0.429. The van der Waals surface area contributed by atoms with Gasteiger partial charge in [0.1, 0.15) is 0 Å². The van der Waals surface area contributed by atoms with E-state index >= 15 is 0 Å². The third-order valence-electron chi connectivity index (χ3n) is 3.44. The smallest absolute Gasteiger partial charge is 0.276 e. The van der Waals surface area contributed by atoms with Gasteiger partial charge in [-0.25, -0.2) is 0 Å². The average Bonchev–Trinajstić information content (AvgIpc) is 3.25. The van der Waals surface area contributed by atoms with E-state index in [9.17, 15) is 0 Å². The summed E-state index contributed by atoms with van der Waals surface area (Å²) in [5.74, 6) is 2.79. The van der Waals surface area contributed by atoms with E-state index in [4.69, 9.17) is 18.6 Å². The number of aromatic nitrogens is 2. The van der Waals surface area contributed by atoms with E-state index in [1.165, 1.54) is 11.8 Å². The lowest BCUT2D eigenvalue weighted by Gasteiger charge is -2.05. The van der Waals surface area contributed by atoms with Crippen molar-refractivity contribution >= 4 is 11.8 Å². The number of nitrogens with zero attached hydrogens (tertiary/aromatic N) is 2. The predicted octanol–water partition coefficient (Wildman–Crippen LogP) is 2.74. The molecule has 21 heavy (non-hydrogen) atoms. The van der Waals surface area contributed by atoms with E-state index in [0.717, 1.165) is 36.5 Å². The zero-order valence-corrected chi connectivity index (χ0v) is 12.1. The van der Waals surface area contributed by atoms with E-state index in [2.05, 4.69) is 10.2 Å². The van der Waals surface area contributed by atoms with Crippen LogP contribution in [-0.4, -0.2) is 35.5 Å². The van der Waals surface area contributed by atoms with Gasteiger partial charge in [-0.15, -0.1) is 10.2 Å². The van der Waals surface area contributed by atoms with E-state index in [0.29, 0.717) is 23.0 Å². The zero-order chi connectivity index (χ0) is 14.1. The van der Waals surface area contributed by atoms with Gasteiger partial charge in [-0.1, -0.05) is 11.8 Å². The molecule has 1 saturated heterocycles. The van der Waals surface area contributed by atoms with Crippen LogP contribution in [0.2, 0.25) is 0 Å². The largest absolute Gasteiger partial charge is 0.454 e. The molecule has 4 rings (SSSR count). The SMILES string of the molecule is c1cc2c(cc1-c1nnc(SCC3CCCO3)o1)OCO2. The van der Waals surface area contributed by atoms with Crippen molar-refractivity contribution in [1.29, 1.82) is 0 Å². The van der Waals surface area contributed by atoms with Crippen LogP contribution in [0.4, 0.5) is 0 Å². The molecule has 1 unspecified atom stereocenters. The summed E-state index contributed by atoms with van der Waals surface area (Å²) in [5.41, 5.74) is 0.829. The quantitative estimate of drug-likeness (QED) is 0.804. The van der Waals surface area contributed by atoms with Gasteiger partial charge in [0.05, 0.1) is 6.10 Å². The number of hydrogen-bond donors (Lipinski definition) is 0. The summed E-state index contributed by atoms with van der Waals surface area (Å²) in [6, 6.07) is 5.58. The second-order valence-corrected chi connectivity index (χ2v) is 5.86. The van der Waals surface area contributed by atoms with Crippen molar-refractivity contribution in [2.24, 2.45) is 0 Å². The molecule has 0 N–H and O–H groups in total. The molecular formula is C14H14N2O4S. The zero-order valence-electron chi connectivity index (χ0n) is 11.3. The Balaban J connectivity index is 1.46. The summed E-state index contributed by atoms with van der Waals surface area (Å²) in [6.45, 7) is 1.11. The third kappa shape index (κ3) is 2.71. The molecule has 1 atom stereocenters. The van der Waals surface area contributed by atoms with Gasteiger partial charge in [-0.3, -0.25) is 0 Å². The monoisotopic (exact) mass is 306 g/mol. The molecule has 1 fully saturated rings. The fourth-order valence-electron chi connectivity index (χ4n) is 2.35. The van der Waals surface area contributed by atoms with Crippen LogP contribution in [0.25, 0.3) is 11.5 Å². The first-order valence-electron chi connectivity index (χ1n) is 6.86. The standard InChI is InChI=1S/C14H14N2O4S/c1-2-10(17-5-1)7-21-14-16-15-13(20-14)9-3-4-11-12(6-9)19-8-18-11/h3-4,6,10H,1-2,5,7-8H2. The van der Waals surface area contributed by atoms with Crippen molar-refractivity contribution < 1.29 is 18.6 Å². The topological polar surface area (TPSA) is 66.6 Å². The minimum absolute atomic E-state index is 0.255. The average molecular weight is 306 g/mol. The molecule has 0 amide bonds. The number of rotatable bonds is 4.